The van der Waals surface area contributed by atoms with Gasteiger partial charge in [0.25, 0.3) is 0 Å². The first-order valence-corrected chi connectivity index (χ1v) is 4.40. The molecule has 3 nitrogen and oxygen atoms in total. The maximum absolute atomic E-state index is 9.95. The highest BCUT2D eigenvalue weighted by Crippen LogP contribution is 1.92. The summed E-state index contributed by atoms with van der Waals surface area (Å²) in [6.07, 6.45) is 1.71. The molecule has 4 heteroatoms. The zero-order chi connectivity index (χ0) is 8.53. The molecule has 0 rings (SSSR count). The molecule has 62 valence electrons. The molecule has 0 aliphatic rings. The Morgan fingerprint density at radius 2 is 2.27 bits per heavy atom. The predicted molar refractivity (Wildman–Crippen MR) is 51.7 cm³/mol. The molecule has 0 aliphatic heterocycles. The van der Waals surface area contributed by atoms with Gasteiger partial charge in [-0.05, 0) is 16.8 Å². The van der Waals surface area contributed by atoms with Crippen LogP contribution in [-0.2, 0) is 0 Å². The molecule has 2 N–H and O–H groups in total. The Hall–Kier alpha value is -0.440. The van der Waals surface area contributed by atoms with Crippen LogP contribution in [0, 0.1) is 9.85 Å². The Balaban J connectivity index is 3.00. The molecule has 0 aromatic rings. The molecule has 11 heavy (non-hydrogen) atoms. The lowest BCUT2D eigenvalue weighted by atomic mass is 10.2. The van der Waals surface area contributed by atoms with Crippen molar-refractivity contribution in [1.29, 1.82) is 0 Å². The number of nitrogens with one attached hydrogen (secondary N) is 1. The fraction of sp³-hybridized carbons (Fsp3) is 0.571. The Kier molecular flexibility index (Phi) is 7.36. The fourth-order valence-corrected chi connectivity index (χ4v) is 0.851. The van der Waals surface area contributed by atoms with Gasteiger partial charge in [-0.15, -0.1) is 0 Å². The Labute approximate surface area is 79.7 Å². The minimum absolute atomic E-state index is 0.526. The first-order valence-electron chi connectivity index (χ1n) is 3.32. The topological polar surface area (TPSA) is 49.3 Å². The van der Waals surface area contributed by atoms with E-state index in [9.17, 15) is 4.79 Å². The molecule has 1 amide bonds. The average Bonchev–Trinajstić information content (AvgIpc) is 1.96. The van der Waals surface area contributed by atoms with Crippen LogP contribution in [0.3, 0.4) is 0 Å². The van der Waals surface area contributed by atoms with E-state index in [1.165, 1.54) is 0 Å². The quantitative estimate of drug-likeness (QED) is 0.463. The van der Waals surface area contributed by atoms with E-state index < -0.39 is 6.09 Å². The number of hydrogen-bond donors (Lipinski definition) is 2. The number of rotatable bonds is 4. The largest absolute Gasteiger partial charge is 0.465 e. The molecule has 0 unspecified atom stereocenters. The van der Waals surface area contributed by atoms with Crippen LogP contribution < -0.4 is 5.32 Å². The van der Waals surface area contributed by atoms with Gasteiger partial charge in [0.2, 0.25) is 0 Å². The van der Waals surface area contributed by atoms with Gasteiger partial charge in [-0.1, -0.05) is 5.92 Å². The lowest BCUT2D eigenvalue weighted by Crippen LogP contribution is -2.21. The van der Waals surface area contributed by atoms with Gasteiger partial charge in [0.15, 0.2) is 0 Å². The van der Waals surface area contributed by atoms with Crippen molar-refractivity contribution in [3.63, 3.8) is 0 Å². The third-order valence-corrected chi connectivity index (χ3v) is 1.45. The summed E-state index contributed by atoms with van der Waals surface area (Å²) in [7, 11) is 0. The van der Waals surface area contributed by atoms with Gasteiger partial charge in [0, 0.05) is 35.6 Å². The molecule has 0 spiro atoms. The standard InChI is InChI=1S/C7H10INO2/c8-5-3-1-2-4-6-9-7(10)11/h9H,1-2,4,6H2,(H,10,11). The SMILES string of the molecule is O=C(O)NCCCCC#CI. The van der Waals surface area contributed by atoms with Crippen LogP contribution in [0.25, 0.3) is 0 Å². The van der Waals surface area contributed by atoms with E-state index in [0.717, 1.165) is 19.3 Å². The Morgan fingerprint density at radius 1 is 1.55 bits per heavy atom. The van der Waals surface area contributed by atoms with E-state index in [-0.39, 0.29) is 0 Å². The first-order chi connectivity index (χ1) is 5.27. The molecular weight excluding hydrogens is 257 g/mol. The van der Waals surface area contributed by atoms with E-state index >= 15 is 0 Å². The minimum atomic E-state index is -0.954. The number of amides is 1. The molecule has 0 aromatic carbocycles. The van der Waals surface area contributed by atoms with Crippen molar-refractivity contribution in [1.82, 2.24) is 5.32 Å². The third-order valence-electron chi connectivity index (χ3n) is 1.07. The fourth-order valence-electron chi connectivity index (χ4n) is 0.581. The van der Waals surface area contributed by atoms with Crippen LogP contribution in [0.5, 0.6) is 0 Å². The second kappa shape index (κ2) is 7.66. The maximum atomic E-state index is 9.95. The highest BCUT2D eigenvalue weighted by molar-refractivity contribution is 14.1. The highest BCUT2D eigenvalue weighted by atomic mass is 127. The monoisotopic (exact) mass is 267 g/mol. The summed E-state index contributed by atoms with van der Waals surface area (Å²) in [5, 5.41) is 10.5. The summed E-state index contributed by atoms with van der Waals surface area (Å²) >= 11 is 1.99. The molecule has 0 radical (unpaired) electrons. The maximum Gasteiger partial charge on any atom is 0.404 e. The van der Waals surface area contributed by atoms with Crippen LogP contribution >= 0.6 is 22.6 Å². The number of halogens is 1. The van der Waals surface area contributed by atoms with E-state index in [4.69, 9.17) is 5.11 Å². The van der Waals surface area contributed by atoms with Gasteiger partial charge in [0.1, 0.15) is 0 Å². The molecule has 0 saturated carbocycles. The molecule has 0 aromatic heterocycles. The van der Waals surface area contributed by atoms with Crippen LogP contribution in [0.4, 0.5) is 4.79 Å². The van der Waals surface area contributed by atoms with Crippen molar-refractivity contribution in [3.05, 3.63) is 0 Å². The number of unbranched alkanes of at least 4 members (excludes halogenated alkanes) is 2. The lowest BCUT2D eigenvalue weighted by molar-refractivity contribution is 0.194. The van der Waals surface area contributed by atoms with Gasteiger partial charge < -0.3 is 10.4 Å². The van der Waals surface area contributed by atoms with Gasteiger partial charge in [-0.25, -0.2) is 4.79 Å². The van der Waals surface area contributed by atoms with Crippen molar-refractivity contribution >= 4 is 28.7 Å². The molecule has 0 atom stereocenters. The molecule has 0 aliphatic carbocycles. The second-order valence-corrected chi connectivity index (χ2v) is 2.50. The Morgan fingerprint density at radius 3 is 2.82 bits per heavy atom. The molecule has 0 heterocycles. The summed E-state index contributed by atoms with van der Waals surface area (Å²) in [4.78, 5) is 9.95. The van der Waals surface area contributed by atoms with Crippen molar-refractivity contribution in [2.24, 2.45) is 0 Å². The number of hydrogen-bond acceptors (Lipinski definition) is 1. The molecule has 0 fully saturated rings. The van der Waals surface area contributed by atoms with Gasteiger partial charge in [0.05, 0.1) is 0 Å². The summed E-state index contributed by atoms with van der Waals surface area (Å²) in [6, 6.07) is 0. The smallest absolute Gasteiger partial charge is 0.404 e. The van der Waals surface area contributed by atoms with Crippen LogP contribution in [-0.4, -0.2) is 17.7 Å². The second-order valence-electron chi connectivity index (χ2n) is 1.96. The van der Waals surface area contributed by atoms with Crippen LogP contribution in [0.1, 0.15) is 19.3 Å². The van der Waals surface area contributed by atoms with Crippen LogP contribution in [0.2, 0.25) is 0 Å². The van der Waals surface area contributed by atoms with E-state index in [2.05, 4.69) is 15.2 Å². The van der Waals surface area contributed by atoms with Gasteiger partial charge >= 0.3 is 6.09 Å². The number of carbonyl (C=O) groups is 1. The lowest BCUT2D eigenvalue weighted by Gasteiger charge is -1.96. The van der Waals surface area contributed by atoms with Crippen molar-refractivity contribution in [3.8, 4) is 9.85 Å². The Bertz CT molecular complexity index is 171. The van der Waals surface area contributed by atoms with Crippen molar-refractivity contribution < 1.29 is 9.90 Å². The van der Waals surface area contributed by atoms with E-state index in [1.54, 1.807) is 0 Å². The van der Waals surface area contributed by atoms with Crippen molar-refractivity contribution in [2.45, 2.75) is 19.3 Å². The van der Waals surface area contributed by atoms with E-state index in [1.807, 2.05) is 22.6 Å². The first kappa shape index (κ1) is 10.6. The average molecular weight is 267 g/mol. The molecular formula is C7H10INO2. The summed E-state index contributed by atoms with van der Waals surface area (Å²) < 4.78 is 2.75. The molecule has 0 bridgehead atoms. The summed E-state index contributed by atoms with van der Waals surface area (Å²) in [5.74, 6) is 2.90. The van der Waals surface area contributed by atoms with Gasteiger partial charge in [-0.3, -0.25) is 0 Å². The zero-order valence-electron chi connectivity index (χ0n) is 6.06. The van der Waals surface area contributed by atoms with E-state index in [0.29, 0.717) is 6.54 Å². The van der Waals surface area contributed by atoms with Crippen molar-refractivity contribution in [2.75, 3.05) is 6.54 Å². The zero-order valence-corrected chi connectivity index (χ0v) is 8.22. The number of carboxylic acid groups (broad SMARTS) is 1. The summed E-state index contributed by atoms with van der Waals surface area (Å²) in [5.41, 5.74) is 0. The van der Waals surface area contributed by atoms with Crippen LogP contribution in [0.15, 0.2) is 0 Å². The summed E-state index contributed by atoms with van der Waals surface area (Å²) in [6.45, 7) is 0.526. The minimum Gasteiger partial charge on any atom is -0.465 e. The third kappa shape index (κ3) is 9.56. The predicted octanol–water partition coefficient (Wildman–Crippen LogP) is 1.82. The normalized spacial score (nSPS) is 8.09. The van der Waals surface area contributed by atoms with Gasteiger partial charge in [-0.2, -0.15) is 0 Å². The highest BCUT2D eigenvalue weighted by Gasteiger charge is 1.91. The molecule has 0 saturated heterocycles.